The third-order valence-corrected chi connectivity index (χ3v) is 2.96. The number of carbonyl (C=O) groups is 2. The van der Waals surface area contributed by atoms with E-state index in [4.69, 9.17) is 5.11 Å². The fraction of sp³-hybridized carbons (Fsp3) is 0.0667. The predicted molar refractivity (Wildman–Crippen MR) is 76.3 cm³/mol. The van der Waals surface area contributed by atoms with Crippen LogP contribution in [0.25, 0.3) is 0 Å². The molecule has 0 bridgehead atoms. The van der Waals surface area contributed by atoms with E-state index >= 15 is 0 Å². The Hall–Kier alpha value is -3.06. The predicted octanol–water partition coefficient (Wildman–Crippen LogP) is 1.65. The van der Waals surface area contributed by atoms with E-state index < -0.39 is 16.8 Å². The molecule has 3 rings (SSSR count). The Morgan fingerprint density at radius 3 is 1.73 bits per heavy atom. The number of fused-ring (bicyclic) bond motifs is 1. The Bertz CT molecular complexity index is 680. The third kappa shape index (κ3) is 2.99. The molecule has 0 aromatic heterocycles. The molecule has 1 heterocycles. The monoisotopic (exact) mass is 300 g/mol. The van der Waals surface area contributed by atoms with Crippen molar-refractivity contribution in [2.45, 2.75) is 6.61 Å². The van der Waals surface area contributed by atoms with Crippen molar-refractivity contribution < 1.29 is 19.7 Å². The molecule has 0 spiro atoms. The first-order valence-corrected chi connectivity index (χ1v) is 6.33. The zero-order chi connectivity index (χ0) is 16.1. The third-order valence-electron chi connectivity index (χ3n) is 2.96. The van der Waals surface area contributed by atoms with Gasteiger partial charge in [0.25, 0.3) is 0 Å². The van der Waals surface area contributed by atoms with Gasteiger partial charge in [0.2, 0.25) is 0 Å². The number of aliphatic hydroxyl groups excluding tert-OH is 1. The van der Waals surface area contributed by atoms with Crippen molar-refractivity contribution in [3.05, 3.63) is 81.4 Å². The number of carbonyl (C=O) groups excluding carboxylic acids is 2. The highest BCUT2D eigenvalue weighted by Gasteiger charge is 2.43. The lowest BCUT2D eigenvalue weighted by Gasteiger charge is -1.98. The highest BCUT2D eigenvalue weighted by atomic mass is 16.7. The van der Waals surface area contributed by atoms with Gasteiger partial charge in [0.05, 0.1) is 17.7 Å². The smallest absolute Gasteiger partial charge is 0.324 e. The van der Waals surface area contributed by atoms with Crippen molar-refractivity contribution in [3.8, 4) is 0 Å². The molecule has 112 valence electrons. The van der Waals surface area contributed by atoms with Crippen LogP contribution in [0.1, 0.15) is 26.3 Å². The van der Waals surface area contributed by atoms with Crippen LogP contribution in [0.4, 0.5) is 0 Å². The Morgan fingerprint density at radius 1 is 0.909 bits per heavy atom. The Labute approximate surface area is 125 Å². The molecule has 2 aromatic rings. The average molecular weight is 300 g/mol. The average Bonchev–Trinajstić information content (AvgIpc) is 2.81. The number of amides is 2. The van der Waals surface area contributed by atoms with Gasteiger partial charge in [-0.3, -0.25) is 9.59 Å². The Kier molecular flexibility index (Phi) is 4.60. The van der Waals surface area contributed by atoms with Gasteiger partial charge in [0.15, 0.2) is 5.03 Å². The van der Waals surface area contributed by atoms with Gasteiger partial charge in [-0.2, -0.15) is 0 Å². The molecule has 0 saturated carbocycles. The molecule has 0 atom stereocenters. The van der Waals surface area contributed by atoms with Crippen molar-refractivity contribution in [2.75, 3.05) is 0 Å². The second-order valence-electron chi connectivity index (χ2n) is 4.35. The number of hydrogen-bond acceptors (Lipinski definition) is 5. The van der Waals surface area contributed by atoms with E-state index in [0.717, 1.165) is 5.56 Å². The van der Waals surface area contributed by atoms with Crippen molar-refractivity contribution in [2.24, 2.45) is 0 Å². The summed E-state index contributed by atoms with van der Waals surface area (Å²) in [5.41, 5.74) is 1.12. The minimum absolute atomic E-state index is 0.0185. The summed E-state index contributed by atoms with van der Waals surface area (Å²) in [5.74, 6) is -1.76. The van der Waals surface area contributed by atoms with Crippen molar-refractivity contribution in [1.29, 1.82) is 0 Å². The van der Waals surface area contributed by atoms with Crippen LogP contribution in [0, 0.1) is 10.1 Å². The van der Waals surface area contributed by atoms with E-state index in [0.29, 0.717) is 0 Å². The van der Waals surface area contributed by atoms with Crippen LogP contribution in [-0.2, 0) is 6.61 Å². The maximum atomic E-state index is 11.3. The molecule has 0 aliphatic carbocycles. The lowest BCUT2D eigenvalue weighted by atomic mass is 10.1. The second kappa shape index (κ2) is 6.59. The molecule has 22 heavy (non-hydrogen) atoms. The summed E-state index contributed by atoms with van der Waals surface area (Å²) < 4.78 is 0. The van der Waals surface area contributed by atoms with Gasteiger partial charge in [-0.1, -0.05) is 42.5 Å². The molecule has 1 N–H and O–H groups in total. The van der Waals surface area contributed by atoms with E-state index in [1.807, 2.05) is 30.3 Å². The number of hydrazine groups is 1. The number of hydrogen-bond donors (Lipinski definition) is 1. The molecule has 2 aromatic carbocycles. The molecule has 0 fully saturated rings. The first-order valence-electron chi connectivity index (χ1n) is 6.33. The summed E-state index contributed by atoms with van der Waals surface area (Å²) in [7, 11) is 0. The van der Waals surface area contributed by atoms with Crippen molar-refractivity contribution >= 4 is 11.8 Å². The largest absolute Gasteiger partial charge is 0.392 e. The van der Waals surface area contributed by atoms with Crippen molar-refractivity contribution in [1.82, 2.24) is 5.01 Å². The van der Waals surface area contributed by atoms with Crippen LogP contribution in [0.15, 0.2) is 54.6 Å². The van der Waals surface area contributed by atoms with E-state index in [1.54, 1.807) is 12.1 Å². The number of benzene rings is 2. The number of nitro groups is 1. The topological polar surface area (TPSA) is 101 Å². The van der Waals surface area contributed by atoms with Crippen LogP contribution in [0.2, 0.25) is 0 Å². The Morgan fingerprint density at radius 2 is 1.36 bits per heavy atom. The van der Waals surface area contributed by atoms with Crippen LogP contribution in [0.5, 0.6) is 0 Å². The number of imide groups is 1. The maximum absolute atomic E-state index is 11.3. The van der Waals surface area contributed by atoms with E-state index in [-0.39, 0.29) is 22.7 Å². The van der Waals surface area contributed by atoms with Gasteiger partial charge in [-0.25, -0.2) is 10.1 Å². The lowest BCUT2D eigenvalue weighted by Crippen LogP contribution is -2.35. The molecule has 7 heteroatoms. The normalized spacial score (nSPS) is 12.5. The minimum Gasteiger partial charge on any atom is -0.392 e. The molecule has 1 aliphatic rings. The van der Waals surface area contributed by atoms with E-state index in [2.05, 4.69) is 0 Å². The van der Waals surface area contributed by atoms with E-state index in [9.17, 15) is 19.7 Å². The van der Waals surface area contributed by atoms with Crippen LogP contribution in [0.3, 0.4) is 0 Å². The fourth-order valence-corrected chi connectivity index (χ4v) is 1.91. The molecule has 0 saturated heterocycles. The van der Waals surface area contributed by atoms with E-state index in [1.165, 1.54) is 12.1 Å². The summed E-state index contributed by atoms with van der Waals surface area (Å²) in [6.45, 7) is 0.140. The molecule has 0 radical (unpaired) electrons. The SMILES string of the molecule is O=C1c2ccccc2C(=O)N1[N+](=O)[O-].OCc1ccccc1. The summed E-state index contributed by atoms with van der Waals surface area (Å²) in [6, 6.07) is 15.4. The Balaban J connectivity index is 0.000000188. The van der Waals surface area contributed by atoms with Gasteiger partial charge in [-0.05, 0) is 17.7 Å². The highest BCUT2D eigenvalue weighted by Crippen LogP contribution is 2.21. The standard InChI is InChI=1S/C8H4N2O4.C7H8O/c11-7-5-3-1-2-4-6(5)8(12)9(7)10(13)14;8-6-7-4-2-1-3-5-7/h1-4H;1-5,8H,6H2. The number of nitrogens with zero attached hydrogens (tertiary/aromatic N) is 2. The van der Waals surface area contributed by atoms with Gasteiger partial charge in [-0.15, -0.1) is 0 Å². The molecule has 2 amide bonds. The molecule has 0 unspecified atom stereocenters. The highest BCUT2D eigenvalue weighted by molar-refractivity contribution is 6.20. The summed E-state index contributed by atoms with van der Waals surface area (Å²) in [5, 5.41) is 17.9. The second-order valence-corrected chi connectivity index (χ2v) is 4.35. The fourth-order valence-electron chi connectivity index (χ4n) is 1.91. The van der Waals surface area contributed by atoms with Crippen LogP contribution in [-0.4, -0.2) is 27.0 Å². The number of aliphatic hydroxyl groups is 1. The quantitative estimate of drug-likeness (QED) is 0.516. The van der Waals surface area contributed by atoms with Gasteiger partial charge in [0.1, 0.15) is 0 Å². The van der Waals surface area contributed by atoms with Crippen LogP contribution >= 0.6 is 0 Å². The maximum Gasteiger partial charge on any atom is 0.324 e. The molecule has 1 aliphatic heterocycles. The van der Waals surface area contributed by atoms with Gasteiger partial charge < -0.3 is 5.11 Å². The summed E-state index contributed by atoms with van der Waals surface area (Å²) in [6.07, 6.45) is 0. The zero-order valence-corrected chi connectivity index (χ0v) is 11.4. The van der Waals surface area contributed by atoms with Gasteiger partial charge >= 0.3 is 11.8 Å². The van der Waals surface area contributed by atoms with Crippen LogP contribution < -0.4 is 0 Å². The first-order chi connectivity index (χ1) is 10.6. The number of rotatable bonds is 2. The minimum atomic E-state index is -1.01. The molecular weight excluding hydrogens is 288 g/mol. The first kappa shape index (κ1) is 15.3. The zero-order valence-electron chi connectivity index (χ0n) is 11.4. The molecular formula is C15H12N2O5. The summed E-state index contributed by atoms with van der Waals surface area (Å²) >= 11 is 0. The lowest BCUT2D eigenvalue weighted by molar-refractivity contribution is -0.609. The molecule has 7 nitrogen and oxygen atoms in total. The summed E-state index contributed by atoms with van der Waals surface area (Å²) in [4.78, 5) is 33.0. The van der Waals surface area contributed by atoms with Gasteiger partial charge in [0, 0.05) is 5.01 Å². The van der Waals surface area contributed by atoms with Crippen molar-refractivity contribution in [3.63, 3.8) is 0 Å².